The van der Waals surface area contributed by atoms with Crippen molar-refractivity contribution in [2.24, 2.45) is 0 Å². The van der Waals surface area contributed by atoms with Gasteiger partial charge in [0, 0.05) is 24.8 Å². The molecule has 0 bridgehead atoms. The summed E-state index contributed by atoms with van der Waals surface area (Å²) in [6.07, 6.45) is 5.12. The summed E-state index contributed by atoms with van der Waals surface area (Å²) in [5.41, 5.74) is 3.00. The SMILES string of the molecule is CC(C)NCCCCN1CCCc2ccccc21. The van der Waals surface area contributed by atoms with Gasteiger partial charge in [-0.3, -0.25) is 0 Å². The molecule has 2 nitrogen and oxygen atoms in total. The quantitative estimate of drug-likeness (QED) is 0.775. The van der Waals surface area contributed by atoms with E-state index in [1.54, 1.807) is 0 Å². The lowest BCUT2D eigenvalue weighted by molar-refractivity contribution is 0.550. The van der Waals surface area contributed by atoms with Crippen molar-refractivity contribution >= 4 is 5.69 Å². The number of hydrogen-bond donors (Lipinski definition) is 1. The fourth-order valence-corrected chi connectivity index (χ4v) is 2.66. The Hall–Kier alpha value is -1.02. The molecule has 18 heavy (non-hydrogen) atoms. The number of unbranched alkanes of at least 4 members (excludes halogenated alkanes) is 1. The molecule has 0 fully saturated rings. The lowest BCUT2D eigenvalue weighted by Crippen LogP contribution is -2.31. The number of nitrogens with zero attached hydrogens (tertiary/aromatic N) is 1. The van der Waals surface area contributed by atoms with Crippen LogP contribution in [0.25, 0.3) is 0 Å². The summed E-state index contributed by atoms with van der Waals surface area (Å²) in [7, 11) is 0. The van der Waals surface area contributed by atoms with Gasteiger partial charge in [0.15, 0.2) is 0 Å². The highest BCUT2D eigenvalue weighted by molar-refractivity contribution is 5.55. The minimum absolute atomic E-state index is 0.612. The van der Waals surface area contributed by atoms with Crippen molar-refractivity contribution in [3.05, 3.63) is 29.8 Å². The molecule has 100 valence electrons. The van der Waals surface area contributed by atoms with Crippen LogP contribution in [0.4, 0.5) is 5.69 Å². The first-order valence-corrected chi connectivity index (χ1v) is 7.33. The maximum atomic E-state index is 3.48. The number of para-hydroxylation sites is 1. The Morgan fingerprint density at radius 3 is 2.89 bits per heavy atom. The van der Waals surface area contributed by atoms with Gasteiger partial charge in [0.1, 0.15) is 0 Å². The van der Waals surface area contributed by atoms with Crippen LogP contribution in [-0.4, -0.2) is 25.7 Å². The molecule has 1 aromatic rings. The molecule has 0 aliphatic carbocycles. The van der Waals surface area contributed by atoms with Gasteiger partial charge >= 0.3 is 0 Å². The number of rotatable bonds is 6. The van der Waals surface area contributed by atoms with E-state index in [0.29, 0.717) is 6.04 Å². The number of fused-ring (bicyclic) bond motifs is 1. The van der Waals surface area contributed by atoms with E-state index in [2.05, 4.69) is 48.3 Å². The molecule has 1 N–H and O–H groups in total. The monoisotopic (exact) mass is 246 g/mol. The normalized spacial score (nSPS) is 14.9. The molecule has 0 aromatic heterocycles. The first-order valence-electron chi connectivity index (χ1n) is 7.33. The van der Waals surface area contributed by atoms with Gasteiger partial charge in [0.2, 0.25) is 0 Å². The van der Waals surface area contributed by atoms with Crippen LogP contribution >= 0.6 is 0 Å². The van der Waals surface area contributed by atoms with E-state index in [-0.39, 0.29) is 0 Å². The molecule has 1 heterocycles. The highest BCUT2D eigenvalue weighted by atomic mass is 15.1. The van der Waals surface area contributed by atoms with Gasteiger partial charge in [0.25, 0.3) is 0 Å². The lowest BCUT2D eigenvalue weighted by Gasteiger charge is -2.31. The van der Waals surface area contributed by atoms with Crippen molar-refractivity contribution in [3.63, 3.8) is 0 Å². The Balaban J connectivity index is 1.77. The standard InChI is InChI=1S/C16H26N2/c1-14(2)17-11-5-6-12-18-13-7-9-15-8-3-4-10-16(15)18/h3-4,8,10,14,17H,5-7,9,11-13H2,1-2H3. The average Bonchev–Trinajstić information content (AvgIpc) is 2.38. The Morgan fingerprint density at radius 2 is 2.06 bits per heavy atom. The molecule has 0 atom stereocenters. The van der Waals surface area contributed by atoms with Gasteiger partial charge < -0.3 is 10.2 Å². The van der Waals surface area contributed by atoms with E-state index in [9.17, 15) is 0 Å². The fourth-order valence-electron chi connectivity index (χ4n) is 2.66. The minimum Gasteiger partial charge on any atom is -0.371 e. The van der Waals surface area contributed by atoms with Crippen LogP contribution in [0.15, 0.2) is 24.3 Å². The average molecular weight is 246 g/mol. The lowest BCUT2D eigenvalue weighted by atomic mass is 10.0. The summed E-state index contributed by atoms with van der Waals surface area (Å²) in [6.45, 7) is 8.00. The predicted octanol–water partition coefficient (Wildman–Crippen LogP) is 3.22. The van der Waals surface area contributed by atoms with E-state index in [1.165, 1.54) is 50.0 Å². The maximum Gasteiger partial charge on any atom is 0.0398 e. The van der Waals surface area contributed by atoms with Crippen LogP contribution in [-0.2, 0) is 6.42 Å². The molecule has 2 rings (SSSR count). The van der Waals surface area contributed by atoms with Crippen LogP contribution in [0.3, 0.4) is 0 Å². The van der Waals surface area contributed by atoms with Gasteiger partial charge in [-0.2, -0.15) is 0 Å². The zero-order chi connectivity index (χ0) is 12.8. The summed E-state index contributed by atoms with van der Waals surface area (Å²) in [4.78, 5) is 2.56. The van der Waals surface area contributed by atoms with Crippen molar-refractivity contribution in [1.29, 1.82) is 0 Å². The smallest absolute Gasteiger partial charge is 0.0398 e. The van der Waals surface area contributed by atoms with Crippen molar-refractivity contribution in [3.8, 4) is 0 Å². The van der Waals surface area contributed by atoms with Gasteiger partial charge in [0.05, 0.1) is 0 Å². The number of anilines is 1. The van der Waals surface area contributed by atoms with Crippen molar-refractivity contribution < 1.29 is 0 Å². The van der Waals surface area contributed by atoms with E-state index in [1.807, 2.05) is 0 Å². The minimum atomic E-state index is 0.612. The van der Waals surface area contributed by atoms with Gasteiger partial charge in [-0.05, 0) is 43.9 Å². The molecule has 0 saturated heterocycles. The third-order valence-electron chi connectivity index (χ3n) is 3.61. The van der Waals surface area contributed by atoms with Gasteiger partial charge in [-0.1, -0.05) is 32.0 Å². The fraction of sp³-hybridized carbons (Fsp3) is 0.625. The van der Waals surface area contributed by atoms with E-state index in [0.717, 1.165) is 6.54 Å². The third kappa shape index (κ3) is 3.74. The second kappa shape index (κ2) is 6.79. The van der Waals surface area contributed by atoms with Crippen LogP contribution in [0, 0.1) is 0 Å². The Bertz CT molecular complexity index is 360. The summed E-state index contributed by atoms with van der Waals surface area (Å²) in [5, 5.41) is 3.48. The van der Waals surface area contributed by atoms with E-state index < -0.39 is 0 Å². The molecule has 2 heteroatoms. The van der Waals surface area contributed by atoms with Gasteiger partial charge in [-0.15, -0.1) is 0 Å². The molecule has 1 aliphatic rings. The van der Waals surface area contributed by atoms with E-state index in [4.69, 9.17) is 0 Å². The summed E-state index contributed by atoms with van der Waals surface area (Å²) in [5.74, 6) is 0. The van der Waals surface area contributed by atoms with Gasteiger partial charge in [-0.25, -0.2) is 0 Å². The second-order valence-electron chi connectivity index (χ2n) is 5.54. The zero-order valence-corrected chi connectivity index (χ0v) is 11.8. The second-order valence-corrected chi connectivity index (χ2v) is 5.54. The molecule has 0 amide bonds. The van der Waals surface area contributed by atoms with Crippen molar-refractivity contribution in [2.45, 2.75) is 45.6 Å². The number of aryl methyl sites for hydroxylation is 1. The van der Waals surface area contributed by atoms with E-state index >= 15 is 0 Å². The molecule has 0 radical (unpaired) electrons. The van der Waals surface area contributed by atoms with Crippen molar-refractivity contribution in [1.82, 2.24) is 5.32 Å². The molecule has 0 saturated carbocycles. The number of hydrogen-bond acceptors (Lipinski definition) is 2. The Morgan fingerprint density at radius 1 is 1.22 bits per heavy atom. The summed E-state index contributed by atoms with van der Waals surface area (Å²) < 4.78 is 0. The summed E-state index contributed by atoms with van der Waals surface area (Å²) >= 11 is 0. The topological polar surface area (TPSA) is 15.3 Å². The molecule has 0 unspecified atom stereocenters. The maximum absolute atomic E-state index is 3.48. The van der Waals surface area contributed by atoms with Crippen LogP contribution in [0.2, 0.25) is 0 Å². The number of benzene rings is 1. The molecule has 1 aromatic carbocycles. The van der Waals surface area contributed by atoms with Crippen LogP contribution in [0.5, 0.6) is 0 Å². The zero-order valence-electron chi connectivity index (χ0n) is 11.8. The molecular formula is C16H26N2. The first-order chi connectivity index (χ1) is 8.77. The number of nitrogens with one attached hydrogen (secondary N) is 1. The third-order valence-corrected chi connectivity index (χ3v) is 3.61. The van der Waals surface area contributed by atoms with Crippen LogP contribution < -0.4 is 10.2 Å². The molecular weight excluding hydrogens is 220 g/mol. The Labute approximate surface area is 111 Å². The largest absolute Gasteiger partial charge is 0.371 e. The van der Waals surface area contributed by atoms with Crippen LogP contribution in [0.1, 0.15) is 38.7 Å². The predicted molar refractivity (Wildman–Crippen MR) is 79.3 cm³/mol. The Kier molecular flexibility index (Phi) is 5.06. The highest BCUT2D eigenvalue weighted by Crippen LogP contribution is 2.26. The van der Waals surface area contributed by atoms with Crippen molar-refractivity contribution in [2.75, 3.05) is 24.5 Å². The summed E-state index contributed by atoms with van der Waals surface area (Å²) in [6, 6.07) is 9.50. The first kappa shape index (κ1) is 13.4. The highest BCUT2D eigenvalue weighted by Gasteiger charge is 2.15. The molecule has 0 spiro atoms. The molecule has 1 aliphatic heterocycles.